The highest BCUT2D eigenvalue weighted by Gasteiger charge is 2.32. The molecule has 3 heteroatoms. The molecule has 0 aromatic carbocycles. The first kappa shape index (κ1) is 15.0. The van der Waals surface area contributed by atoms with Gasteiger partial charge in [0.25, 0.3) is 0 Å². The zero-order chi connectivity index (χ0) is 13.8. The molecule has 19 heavy (non-hydrogen) atoms. The van der Waals surface area contributed by atoms with Crippen LogP contribution in [0.1, 0.15) is 46.0 Å². The number of aliphatic hydroxyl groups is 1. The molecule has 0 aromatic rings. The van der Waals surface area contributed by atoms with Gasteiger partial charge in [0.05, 0.1) is 0 Å². The van der Waals surface area contributed by atoms with Crippen LogP contribution < -0.4 is 0 Å². The van der Waals surface area contributed by atoms with Crippen LogP contribution in [0.3, 0.4) is 0 Å². The maximum absolute atomic E-state index is 12.1. The lowest BCUT2D eigenvalue weighted by Crippen LogP contribution is -2.41. The van der Waals surface area contributed by atoms with Gasteiger partial charge in [-0.15, -0.1) is 0 Å². The third kappa shape index (κ3) is 4.03. The summed E-state index contributed by atoms with van der Waals surface area (Å²) in [5.74, 6) is 2.68. The van der Waals surface area contributed by atoms with Gasteiger partial charge in [-0.1, -0.05) is 13.8 Å². The van der Waals surface area contributed by atoms with Crippen molar-refractivity contribution in [2.24, 2.45) is 23.7 Å². The number of hydrogen-bond donors (Lipinski definition) is 1. The predicted molar refractivity (Wildman–Crippen MR) is 76.9 cm³/mol. The van der Waals surface area contributed by atoms with Gasteiger partial charge in [0.15, 0.2) is 0 Å². The first-order valence-corrected chi connectivity index (χ1v) is 7.96. The monoisotopic (exact) mass is 267 g/mol. The minimum atomic E-state index is 0.270. The van der Waals surface area contributed by atoms with Crippen molar-refractivity contribution in [1.29, 1.82) is 0 Å². The van der Waals surface area contributed by atoms with Gasteiger partial charge in [0, 0.05) is 25.5 Å². The lowest BCUT2D eigenvalue weighted by Gasteiger charge is -2.36. The maximum Gasteiger partial charge on any atom is 0.137 e. The summed E-state index contributed by atoms with van der Waals surface area (Å²) in [5, 5.41) is 9.16. The fraction of sp³-hybridized carbons (Fsp3) is 0.938. The molecule has 0 radical (unpaired) electrons. The summed E-state index contributed by atoms with van der Waals surface area (Å²) >= 11 is 0. The summed E-state index contributed by atoms with van der Waals surface area (Å²) in [6.07, 6.45) is 5.16. The van der Waals surface area contributed by atoms with Crippen molar-refractivity contribution < 1.29 is 9.90 Å². The quantitative estimate of drug-likeness (QED) is 0.850. The second-order valence-corrected chi connectivity index (χ2v) is 6.87. The summed E-state index contributed by atoms with van der Waals surface area (Å²) < 4.78 is 0. The number of Topliss-reactive ketones (excluding diaryl/α,β-unsaturated/α-hetero) is 1. The lowest BCUT2D eigenvalue weighted by molar-refractivity contribution is -0.126. The number of carbonyl (C=O) groups excluding carboxylic acids is 1. The second-order valence-electron chi connectivity index (χ2n) is 6.87. The third-order valence-electron chi connectivity index (χ3n) is 5.19. The average molecular weight is 267 g/mol. The molecule has 0 bridgehead atoms. The van der Waals surface area contributed by atoms with Crippen LogP contribution in [-0.4, -0.2) is 42.0 Å². The highest BCUT2D eigenvalue weighted by Crippen LogP contribution is 2.32. The van der Waals surface area contributed by atoms with Gasteiger partial charge >= 0.3 is 0 Å². The van der Waals surface area contributed by atoms with Crippen LogP contribution in [0, 0.1) is 23.7 Å². The van der Waals surface area contributed by atoms with Crippen molar-refractivity contribution in [1.82, 2.24) is 4.90 Å². The molecule has 0 aromatic heterocycles. The molecule has 0 spiro atoms. The van der Waals surface area contributed by atoms with E-state index >= 15 is 0 Å². The van der Waals surface area contributed by atoms with E-state index in [0.29, 0.717) is 24.2 Å². The largest absolute Gasteiger partial charge is 0.396 e. The molecule has 2 unspecified atom stereocenters. The summed E-state index contributed by atoms with van der Waals surface area (Å²) in [5.41, 5.74) is 0. The number of aliphatic hydroxyl groups excluding tert-OH is 1. The molecular formula is C16H29NO2. The van der Waals surface area contributed by atoms with Crippen LogP contribution >= 0.6 is 0 Å². The van der Waals surface area contributed by atoms with E-state index in [1.807, 2.05) is 0 Å². The molecule has 1 saturated carbocycles. The number of hydrogen-bond acceptors (Lipinski definition) is 3. The number of ketones is 1. The average Bonchev–Trinajstić information content (AvgIpc) is 2.42. The summed E-state index contributed by atoms with van der Waals surface area (Å²) in [6.45, 7) is 7.96. The van der Waals surface area contributed by atoms with Crippen molar-refractivity contribution >= 4 is 5.78 Å². The molecule has 3 nitrogen and oxygen atoms in total. The second kappa shape index (κ2) is 6.85. The van der Waals surface area contributed by atoms with E-state index in [1.165, 1.54) is 0 Å². The van der Waals surface area contributed by atoms with Gasteiger partial charge in [-0.2, -0.15) is 0 Å². The van der Waals surface area contributed by atoms with Crippen LogP contribution in [0.2, 0.25) is 0 Å². The fourth-order valence-electron chi connectivity index (χ4n) is 3.59. The third-order valence-corrected chi connectivity index (χ3v) is 5.19. The molecule has 0 amide bonds. The Bertz CT molecular complexity index is 295. The van der Waals surface area contributed by atoms with Crippen molar-refractivity contribution in [2.45, 2.75) is 46.0 Å². The molecule has 1 N–H and O–H groups in total. The van der Waals surface area contributed by atoms with Crippen LogP contribution in [0.4, 0.5) is 0 Å². The highest BCUT2D eigenvalue weighted by molar-refractivity contribution is 5.82. The van der Waals surface area contributed by atoms with Crippen LogP contribution in [0.5, 0.6) is 0 Å². The molecule has 2 aliphatic rings. The topological polar surface area (TPSA) is 40.5 Å². The lowest BCUT2D eigenvalue weighted by atomic mass is 9.75. The van der Waals surface area contributed by atoms with Gasteiger partial charge in [-0.05, 0) is 56.5 Å². The standard InChI is InChI=1S/C16H29NO2/c1-12(2)14-3-4-16(19)15(9-14)10-17-7-5-13(11-18)6-8-17/h12-15,18H,3-11H2,1-2H3. The van der Waals surface area contributed by atoms with E-state index in [2.05, 4.69) is 18.7 Å². The first-order valence-electron chi connectivity index (χ1n) is 7.96. The molecule has 2 rings (SSSR count). The number of nitrogens with zero attached hydrogens (tertiary/aromatic N) is 1. The van der Waals surface area contributed by atoms with Gasteiger partial charge in [-0.25, -0.2) is 0 Å². The van der Waals surface area contributed by atoms with Crippen molar-refractivity contribution in [3.8, 4) is 0 Å². The normalized spacial score (nSPS) is 31.1. The Kier molecular flexibility index (Phi) is 5.40. The first-order chi connectivity index (χ1) is 9.10. The number of piperidine rings is 1. The molecule has 1 heterocycles. The van der Waals surface area contributed by atoms with E-state index in [9.17, 15) is 4.79 Å². The SMILES string of the molecule is CC(C)C1CCC(=O)C(CN2CCC(CO)CC2)C1. The van der Waals surface area contributed by atoms with Gasteiger partial charge < -0.3 is 10.0 Å². The number of carbonyl (C=O) groups is 1. The zero-order valence-corrected chi connectivity index (χ0v) is 12.5. The zero-order valence-electron chi connectivity index (χ0n) is 12.5. The van der Waals surface area contributed by atoms with Crippen molar-refractivity contribution in [2.75, 3.05) is 26.2 Å². The molecule has 2 atom stereocenters. The number of rotatable bonds is 4. The Morgan fingerprint density at radius 3 is 2.53 bits per heavy atom. The van der Waals surface area contributed by atoms with Crippen LogP contribution in [-0.2, 0) is 4.79 Å². The van der Waals surface area contributed by atoms with Crippen molar-refractivity contribution in [3.05, 3.63) is 0 Å². The Labute approximate surface area is 117 Å². The van der Waals surface area contributed by atoms with Crippen molar-refractivity contribution in [3.63, 3.8) is 0 Å². The van der Waals surface area contributed by atoms with Gasteiger partial charge in [0.2, 0.25) is 0 Å². The highest BCUT2D eigenvalue weighted by atomic mass is 16.3. The van der Waals surface area contributed by atoms with E-state index in [4.69, 9.17) is 5.11 Å². The predicted octanol–water partition coefficient (Wildman–Crippen LogP) is 2.33. The minimum absolute atomic E-state index is 0.270. The Balaban J connectivity index is 1.82. The Hall–Kier alpha value is -0.410. The Morgan fingerprint density at radius 2 is 1.95 bits per heavy atom. The van der Waals surface area contributed by atoms with E-state index in [1.54, 1.807) is 0 Å². The van der Waals surface area contributed by atoms with E-state index < -0.39 is 0 Å². The Morgan fingerprint density at radius 1 is 1.26 bits per heavy atom. The number of likely N-dealkylation sites (tertiary alicyclic amines) is 1. The molecule has 1 aliphatic carbocycles. The molecular weight excluding hydrogens is 238 g/mol. The van der Waals surface area contributed by atoms with E-state index in [-0.39, 0.29) is 5.92 Å². The molecule has 1 aliphatic heterocycles. The van der Waals surface area contributed by atoms with E-state index in [0.717, 1.165) is 57.7 Å². The van der Waals surface area contributed by atoms with Gasteiger partial charge in [-0.3, -0.25) is 4.79 Å². The summed E-state index contributed by atoms with van der Waals surface area (Å²) in [4.78, 5) is 14.5. The maximum atomic E-state index is 12.1. The fourth-order valence-corrected chi connectivity index (χ4v) is 3.59. The van der Waals surface area contributed by atoms with Gasteiger partial charge in [0.1, 0.15) is 5.78 Å². The molecule has 2 fully saturated rings. The van der Waals surface area contributed by atoms with Crippen LogP contribution in [0.25, 0.3) is 0 Å². The smallest absolute Gasteiger partial charge is 0.137 e. The minimum Gasteiger partial charge on any atom is -0.396 e. The summed E-state index contributed by atoms with van der Waals surface area (Å²) in [6, 6.07) is 0. The molecule has 110 valence electrons. The molecule has 1 saturated heterocycles. The van der Waals surface area contributed by atoms with Crippen LogP contribution in [0.15, 0.2) is 0 Å². The summed E-state index contributed by atoms with van der Waals surface area (Å²) in [7, 11) is 0.